The highest BCUT2D eigenvalue weighted by Gasteiger charge is 2.09. The van der Waals surface area contributed by atoms with Crippen LogP contribution in [0.25, 0.3) is 0 Å². The smallest absolute Gasteiger partial charge is 0.127 e. The summed E-state index contributed by atoms with van der Waals surface area (Å²) in [6.45, 7) is 13.6. The molecule has 0 aliphatic rings. The van der Waals surface area contributed by atoms with Crippen LogP contribution in [0.1, 0.15) is 16.7 Å². The lowest BCUT2D eigenvalue weighted by molar-refractivity contribution is 1.41. The van der Waals surface area contributed by atoms with Crippen LogP contribution in [0, 0.1) is 22.9 Å². The van der Waals surface area contributed by atoms with Gasteiger partial charge in [0.15, 0.2) is 0 Å². The number of benzene rings is 1. The molecule has 0 unspecified atom stereocenters. The van der Waals surface area contributed by atoms with Crippen LogP contribution >= 0.6 is 15.9 Å². The molecule has 1 rings (SSSR count). The van der Waals surface area contributed by atoms with Crippen LogP contribution in [0.3, 0.4) is 0 Å². The van der Waals surface area contributed by atoms with Crippen LogP contribution in [0.2, 0.25) is 39.3 Å². The summed E-state index contributed by atoms with van der Waals surface area (Å²) in [5.74, 6) is 6.66. The third kappa shape index (κ3) is 7.15. The molecule has 0 atom stereocenters. The highest BCUT2D eigenvalue weighted by Crippen LogP contribution is 2.13. The van der Waals surface area contributed by atoms with E-state index in [1.165, 1.54) is 5.56 Å². The Morgan fingerprint density at radius 3 is 1.50 bits per heavy atom. The van der Waals surface area contributed by atoms with Gasteiger partial charge in [-0.2, -0.15) is 0 Å². The summed E-state index contributed by atoms with van der Waals surface area (Å²) in [6.07, 6.45) is 0. The number of halogens is 1. The first-order valence-electron chi connectivity index (χ1n) is 6.85. The van der Waals surface area contributed by atoms with Crippen molar-refractivity contribution in [3.05, 3.63) is 34.9 Å². The topological polar surface area (TPSA) is 0 Å². The molecule has 106 valence electrons. The van der Waals surface area contributed by atoms with Crippen LogP contribution < -0.4 is 0 Å². The van der Waals surface area contributed by atoms with Gasteiger partial charge in [-0.05, 0) is 23.8 Å². The van der Waals surface area contributed by atoms with E-state index < -0.39 is 16.1 Å². The second kappa shape index (κ2) is 6.81. The zero-order chi connectivity index (χ0) is 15.4. The van der Waals surface area contributed by atoms with Gasteiger partial charge in [0.05, 0.1) is 0 Å². The third-order valence-electron chi connectivity index (χ3n) is 2.31. The minimum absolute atomic E-state index is 0.844. The molecular formula is C17H23BrSi2. The predicted octanol–water partition coefficient (Wildman–Crippen LogP) is 5.04. The van der Waals surface area contributed by atoms with Gasteiger partial charge in [0.25, 0.3) is 0 Å². The molecule has 20 heavy (non-hydrogen) atoms. The summed E-state index contributed by atoms with van der Waals surface area (Å²) in [6, 6.07) is 6.43. The number of alkyl halides is 1. The van der Waals surface area contributed by atoms with Crippen molar-refractivity contribution in [1.82, 2.24) is 0 Å². The maximum Gasteiger partial charge on any atom is 0.129 e. The van der Waals surface area contributed by atoms with Crippen LogP contribution in [0.15, 0.2) is 18.2 Å². The van der Waals surface area contributed by atoms with Crippen molar-refractivity contribution in [3.8, 4) is 22.9 Å². The van der Waals surface area contributed by atoms with Crippen molar-refractivity contribution in [2.45, 2.75) is 44.6 Å². The fourth-order valence-corrected chi connectivity index (χ4v) is 2.80. The Kier molecular flexibility index (Phi) is 5.89. The Balaban J connectivity index is 3.20. The normalized spacial score (nSPS) is 11.2. The summed E-state index contributed by atoms with van der Waals surface area (Å²) in [4.78, 5) is 0. The van der Waals surface area contributed by atoms with E-state index in [9.17, 15) is 0 Å². The molecule has 0 bridgehead atoms. The molecular weight excluding hydrogens is 340 g/mol. The van der Waals surface area contributed by atoms with Crippen molar-refractivity contribution in [3.63, 3.8) is 0 Å². The standard InChI is InChI=1S/C17H23BrSi2/c1-19(2,3)9-7-15-11-16(8-10-20(4,5)6)13-17(12-15)14-18/h11-13H,14H2,1-6H3. The van der Waals surface area contributed by atoms with E-state index in [1.807, 2.05) is 0 Å². The van der Waals surface area contributed by atoms with E-state index in [0.29, 0.717) is 0 Å². The Morgan fingerprint density at radius 2 is 1.20 bits per heavy atom. The van der Waals surface area contributed by atoms with Crippen molar-refractivity contribution >= 4 is 32.1 Å². The van der Waals surface area contributed by atoms with Crippen LogP contribution in [0.5, 0.6) is 0 Å². The van der Waals surface area contributed by atoms with E-state index in [4.69, 9.17) is 0 Å². The monoisotopic (exact) mass is 362 g/mol. The average molecular weight is 363 g/mol. The molecule has 1 aromatic rings. The van der Waals surface area contributed by atoms with Gasteiger partial charge in [-0.25, -0.2) is 0 Å². The highest BCUT2D eigenvalue weighted by atomic mass is 79.9. The molecule has 0 saturated carbocycles. The highest BCUT2D eigenvalue weighted by molar-refractivity contribution is 9.08. The van der Waals surface area contributed by atoms with E-state index in [0.717, 1.165) is 16.5 Å². The Bertz CT molecular complexity index is 546. The van der Waals surface area contributed by atoms with Gasteiger partial charge in [-0.15, -0.1) is 11.1 Å². The molecule has 0 fully saturated rings. The lowest BCUT2D eigenvalue weighted by atomic mass is 10.1. The fraction of sp³-hybridized carbons (Fsp3) is 0.412. The van der Waals surface area contributed by atoms with Gasteiger partial charge in [0.1, 0.15) is 16.1 Å². The lowest BCUT2D eigenvalue weighted by Crippen LogP contribution is -2.16. The van der Waals surface area contributed by atoms with Crippen LogP contribution in [-0.4, -0.2) is 16.1 Å². The molecule has 0 heterocycles. The first-order chi connectivity index (χ1) is 9.09. The quantitative estimate of drug-likeness (QED) is 0.373. The van der Waals surface area contributed by atoms with Gasteiger partial charge in [0.2, 0.25) is 0 Å². The van der Waals surface area contributed by atoms with Crippen molar-refractivity contribution in [1.29, 1.82) is 0 Å². The SMILES string of the molecule is C[Si](C)(C)C#Cc1cc(C#C[Si](C)(C)C)cc(CBr)c1. The Morgan fingerprint density at radius 1 is 0.800 bits per heavy atom. The summed E-state index contributed by atoms with van der Waals surface area (Å²) >= 11 is 3.53. The summed E-state index contributed by atoms with van der Waals surface area (Å²) in [5, 5.41) is 0.844. The number of hydrogen-bond acceptors (Lipinski definition) is 0. The minimum atomic E-state index is -1.34. The number of hydrogen-bond donors (Lipinski definition) is 0. The van der Waals surface area contributed by atoms with E-state index in [2.05, 4.69) is 96.3 Å². The second-order valence-electron chi connectivity index (χ2n) is 7.05. The van der Waals surface area contributed by atoms with Crippen LogP contribution in [-0.2, 0) is 5.33 Å². The lowest BCUT2D eigenvalue weighted by Gasteiger charge is -2.05. The third-order valence-corrected chi connectivity index (χ3v) is 4.71. The maximum absolute atomic E-state index is 3.53. The average Bonchev–Trinajstić information content (AvgIpc) is 2.32. The van der Waals surface area contributed by atoms with Crippen molar-refractivity contribution in [2.75, 3.05) is 0 Å². The molecule has 0 N–H and O–H groups in total. The molecule has 0 saturated heterocycles. The molecule has 1 aromatic carbocycles. The maximum atomic E-state index is 3.53. The van der Waals surface area contributed by atoms with Gasteiger partial charge in [-0.1, -0.05) is 67.1 Å². The zero-order valence-electron chi connectivity index (χ0n) is 13.3. The van der Waals surface area contributed by atoms with Crippen molar-refractivity contribution in [2.24, 2.45) is 0 Å². The van der Waals surface area contributed by atoms with Gasteiger partial charge >= 0.3 is 0 Å². The van der Waals surface area contributed by atoms with E-state index >= 15 is 0 Å². The summed E-state index contributed by atoms with van der Waals surface area (Å²) in [7, 11) is -2.67. The summed E-state index contributed by atoms with van der Waals surface area (Å²) in [5.41, 5.74) is 10.3. The second-order valence-corrected chi connectivity index (χ2v) is 17.1. The molecule has 0 aliphatic heterocycles. The van der Waals surface area contributed by atoms with Gasteiger partial charge in [0, 0.05) is 16.5 Å². The molecule has 0 aliphatic carbocycles. The Labute approximate surface area is 134 Å². The fourth-order valence-electron chi connectivity index (χ4n) is 1.43. The molecule has 0 nitrogen and oxygen atoms in total. The molecule has 0 spiro atoms. The van der Waals surface area contributed by atoms with Gasteiger partial charge in [-0.3, -0.25) is 0 Å². The first-order valence-corrected chi connectivity index (χ1v) is 15.0. The largest absolute Gasteiger partial charge is 0.129 e. The minimum Gasteiger partial charge on any atom is -0.127 e. The number of rotatable bonds is 1. The molecule has 0 aromatic heterocycles. The summed E-state index contributed by atoms with van der Waals surface area (Å²) < 4.78 is 0. The van der Waals surface area contributed by atoms with E-state index in [1.54, 1.807) is 0 Å². The molecule has 3 heteroatoms. The predicted molar refractivity (Wildman–Crippen MR) is 99.5 cm³/mol. The molecule has 0 amide bonds. The molecule has 0 radical (unpaired) electrons. The Hall–Kier alpha value is -0.746. The van der Waals surface area contributed by atoms with E-state index in [-0.39, 0.29) is 0 Å². The van der Waals surface area contributed by atoms with Crippen molar-refractivity contribution < 1.29 is 0 Å². The zero-order valence-corrected chi connectivity index (χ0v) is 16.9. The first kappa shape index (κ1) is 17.3. The van der Waals surface area contributed by atoms with Crippen LogP contribution in [0.4, 0.5) is 0 Å². The van der Waals surface area contributed by atoms with Gasteiger partial charge < -0.3 is 0 Å².